The van der Waals surface area contributed by atoms with Crippen molar-refractivity contribution in [1.29, 1.82) is 0 Å². The van der Waals surface area contributed by atoms with Gasteiger partial charge >= 0.3 is 0 Å². The molecule has 1 nitrogen and oxygen atoms in total. The average Bonchev–Trinajstić information content (AvgIpc) is 2.43. The molecule has 0 aliphatic heterocycles. The lowest BCUT2D eigenvalue weighted by Crippen LogP contribution is -2.29. The summed E-state index contributed by atoms with van der Waals surface area (Å²) in [4.78, 5) is 0. The fourth-order valence-corrected chi connectivity index (χ4v) is 2.37. The van der Waals surface area contributed by atoms with Crippen LogP contribution in [0.2, 0.25) is 0 Å². The molecule has 17 heavy (non-hydrogen) atoms. The predicted molar refractivity (Wildman–Crippen MR) is 73.6 cm³/mol. The zero-order valence-corrected chi connectivity index (χ0v) is 10.4. The Morgan fingerprint density at radius 1 is 0.882 bits per heavy atom. The summed E-state index contributed by atoms with van der Waals surface area (Å²) in [5.74, 6) is 0. The molecule has 0 atom stereocenters. The van der Waals surface area contributed by atoms with E-state index in [1.165, 1.54) is 11.1 Å². The van der Waals surface area contributed by atoms with Gasteiger partial charge in [0.05, 0.1) is 0 Å². The molecule has 86 valence electrons. The van der Waals surface area contributed by atoms with E-state index in [1.807, 2.05) is 12.1 Å². The Kier molecular flexibility index (Phi) is 3.65. The normalized spacial score (nSPS) is 11.4. The maximum atomic E-state index is 5.86. The molecule has 2 aromatic rings. The molecule has 2 heteroatoms. The molecule has 2 aromatic carbocycles. The first-order chi connectivity index (χ1) is 8.33. The van der Waals surface area contributed by atoms with Gasteiger partial charge in [0, 0.05) is 0 Å². The Morgan fingerprint density at radius 2 is 1.29 bits per heavy atom. The molecule has 0 saturated carbocycles. The lowest BCUT2D eigenvalue weighted by atomic mass is 9.83. The maximum absolute atomic E-state index is 5.86. The molecule has 0 spiro atoms. The Hall–Kier alpha value is -1.54. The van der Waals surface area contributed by atoms with Crippen molar-refractivity contribution in [2.24, 2.45) is 0 Å². The quantitative estimate of drug-likeness (QED) is 0.725. The number of hydrogen-bond donors (Lipinski definition) is 0. The zero-order chi connectivity index (χ0) is 12.1. The van der Waals surface area contributed by atoms with Crippen LogP contribution < -0.4 is 0 Å². The van der Waals surface area contributed by atoms with Gasteiger partial charge in [-0.15, -0.1) is 0 Å². The van der Waals surface area contributed by atoms with E-state index in [1.54, 1.807) is 8.05 Å². The molecular formula is C15H17BO. The standard InChI is InChI=1S/C15H17BO/c1-2-15(17-16,13-9-5-3-6-10-13)14-11-7-4-8-12-14/h3-12H,2,16H2,1H3. The van der Waals surface area contributed by atoms with Crippen LogP contribution in [0.4, 0.5) is 0 Å². The van der Waals surface area contributed by atoms with Gasteiger partial charge in [-0.25, -0.2) is 0 Å². The average molecular weight is 224 g/mol. The third-order valence-electron chi connectivity index (χ3n) is 3.33. The van der Waals surface area contributed by atoms with Gasteiger partial charge in [0.2, 0.25) is 0 Å². The topological polar surface area (TPSA) is 9.23 Å². The van der Waals surface area contributed by atoms with Crippen molar-refractivity contribution in [1.82, 2.24) is 0 Å². The van der Waals surface area contributed by atoms with Crippen molar-refractivity contribution in [2.75, 3.05) is 0 Å². The smallest absolute Gasteiger partial charge is 0.258 e. The lowest BCUT2D eigenvalue weighted by molar-refractivity contribution is 0.120. The Morgan fingerprint density at radius 3 is 1.59 bits per heavy atom. The van der Waals surface area contributed by atoms with Crippen molar-refractivity contribution in [3.63, 3.8) is 0 Å². The number of hydrogen-bond acceptors (Lipinski definition) is 1. The van der Waals surface area contributed by atoms with Crippen LogP contribution in [0.3, 0.4) is 0 Å². The van der Waals surface area contributed by atoms with Crippen LogP contribution in [0.1, 0.15) is 24.5 Å². The Balaban J connectivity index is 2.54. The van der Waals surface area contributed by atoms with E-state index in [0.717, 1.165) is 6.42 Å². The van der Waals surface area contributed by atoms with Gasteiger partial charge in [0.1, 0.15) is 5.60 Å². The van der Waals surface area contributed by atoms with Crippen LogP contribution in [0.5, 0.6) is 0 Å². The van der Waals surface area contributed by atoms with Gasteiger partial charge in [-0.3, -0.25) is 0 Å². The van der Waals surface area contributed by atoms with E-state index >= 15 is 0 Å². The summed E-state index contributed by atoms with van der Waals surface area (Å²) in [7, 11) is 1.78. The van der Waals surface area contributed by atoms with E-state index in [4.69, 9.17) is 4.65 Å². The first-order valence-corrected chi connectivity index (χ1v) is 5.99. The van der Waals surface area contributed by atoms with E-state index in [9.17, 15) is 0 Å². The van der Waals surface area contributed by atoms with Crippen LogP contribution in [0.15, 0.2) is 60.7 Å². The molecular weight excluding hydrogens is 207 g/mol. The van der Waals surface area contributed by atoms with Crippen molar-refractivity contribution in [3.8, 4) is 0 Å². The summed E-state index contributed by atoms with van der Waals surface area (Å²) in [6.45, 7) is 2.16. The van der Waals surface area contributed by atoms with Gasteiger partial charge in [0.15, 0.2) is 0 Å². The monoisotopic (exact) mass is 224 g/mol. The Labute approximate surface area is 104 Å². The van der Waals surface area contributed by atoms with Gasteiger partial charge < -0.3 is 4.65 Å². The summed E-state index contributed by atoms with van der Waals surface area (Å²) < 4.78 is 5.86. The van der Waals surface area contributed by atoms with Gasteiger partial charge in [0.25, 0.3) is 8.05 Å². The fraction of sp³-hybridized carbons (Fsp3) is 0.200. The minimum atomic E-state index is -0.331. The third-order valence-corrected chi connectivity index (χ3v) is 3.33. The fourth-order valence-electron chi connectivity index (χ4n) is 2.37. The summed E-state index contributed by atoms with van der Waals surface area (Å²) in [6.07, 6.45) is 0.914. The summed E-state index contributed by atoms with van der Waals surface area (Å²) >= 11 is 0. The highest BCUT2D eigenvalue weighted by Gasteiger charge is 2.30. The largest absolute Gasteiger partial charge is 0.431 e. The summed E-state index contributed by atoms with van der Waals surface area (Å²) in [5.41, 5.74) is 2.08. The van der Waals surface area contributed by atoms with E-state index in [0.29, 0.717) is 0 Å². The van der Waals surface area contributed by atoms with Gasteiger partial charge in [-0.1, -0.05) is 67.6 Å². The van der Waals surface area contributed by atoms with Crippen LogP contribution in [0.25, 0.3) is 0 Å². The molecule has 0 aromatic heterocycles. The number of rotatable bonds is 4. The van der Waals surface area contributed by atoms with Crippen LogP contribution >= 0.6 is 0 Å². The molecule has 0 fully saturated rings. The second-order valence-corrected chi connectivity index (χ2v) is 4.12. The zero-order valence-electron chi connectivity index (χ0n) is 10.4. The molecule has 0 unspecified atom stereocenters. The van der Waals surface area contributed by atoms with Gasteiger partial charge in [-0.2, -0.15) is 0 Å². The minimum absolute atomic E-state index is 0.331. The molecule has 0 bridgehead atoms. The highest BCUT2D eigenvalue weighted by atomic mass is 16.4. The third kappa shape index (κ3) is 2.13. The highest BCUT2D eigenvalue weighted by Crippen LogP contribution is 2.35. The van der Waals surface area contributed by atoms with Crippen molar-refractivity contribution in [2.45, 2.75) is 18.9 Å². The maximum Gasteiger partial charge on any atom is 0.258 e. The number of benzene rings is 2. The molecule has 0 radical (unpaired) electrons. The highest BCUT2D eigenvalue weighted by molar-refractivity contribution is 5.98. The van der Waals surface area contributed by atoms with E-state index in [-0.39, 0.29) is 5.60 Å². The Bertz CT molecular complexity index is 407. The summed E-state index contributed by atoms with van der Waals surface area (Å²) in [5, 5.41) is 0. The molecule has 2 rings (SSSR count). The second kappa shape index (κ2) is 5.20. The van der Waals surface area contributed by atoms with Crippen LogP contribution in [0, 0.1) is 0 Å². The van der Waals surface area contributed by atoms with Gasteiger partial charge in [-0.05, 0) is 17.5 Å². The van der Waals surface area contributed by atoms with Crippen molar-refractivity contribution >= 4 is 8.05 Å². The van der Waals surface area contributed by atoms with Crippen molar-refractivity contribution in [3.05, 3.63) is 71.8 Å². The predicted octanol–water partition coefficient (Wildman–Crippen LogP) is 2.90. The first-order valence-electron chi connectivity index (χ1n) is 5.99. The van der Waals surface area contributed by atoms with Crippen LogP contribution in [-0.2, 0) is 10.3 Å². The molecule has 0 N–H and O–H groups in total. The molecule has 0 aliphatic rings. The first kappa shape index (κ1) is 11.9. The van der Waals surface area contributed by atoms with Crippen molar-refractivity contribution < 1.29 is 4.65 Å². The minimum Gasteiger partial charge on any atom is -0.431 e. The van der Waals surface area contributed by atoms with E-state index in [2.05, 4.69) is 55.5 Å². The van der Waals surface area contributed by atoms with Crippen LogP contribution in [-0.4, -0.2) is 8.05 Å². The lowest BCUT2D eigenvalue weighted by Gasteiger charge is -2.33. The summed E-state index contributed by atoms with van der Waals surface area (Å²) in [6, 6.07) is 20.8. The SMILES string of the molecule is BOC(CC)(c1ccccc1)c1ccccc1. The second-order valence-electron chi connectivity index (χ2n) is 4.12. The van der Waals surface area contributed by atoms with E-state index < -0.39 is 0 Å². The molecule has 0 heterocycles. The molecule has 0 saturated heterocycles. The molecule has 0 aliphatic carbocycles. The molecule has 0 amide bonds.